The van der Waals surface area contributed by atoms with Gasteiger partial charge in [-0.1, -0.05) is 0 Å². The van der Waals surface area contributed by atoms with Crippen molar-refractivity contribution >= 4 is 5.97 Å². The Labute approximate surface area is 105 Å². The van der Waals surface area contributed by atoms with Gasteiger partial charge in [0, 0.05) is 13.2 Å². The predicted octanol–water partition coefficient (Wildman–Crippen LogP) is 0.777. The number of carboxylic acids is 1. The van der Waals surface area contributed by atoms with E-state index in [9.17, 15) is 15.0 Å². The fourth-order valence-electron chi connectivity index (χ4n) is 2.18. The Kier molecular flexibility index (Phi) is 4.69. The number of rotatable bonds is 5. The van der Waals surface area contributed by atoms with Gasteiger partial charge >= 0.3 is 5.97 Å². The molecule has 0 heterocycles. The number of aliphatic hydroxyl groups excluding tert-OH is 2. The molecule has 0 amide bonds. The van der Waals surface area contributed by atoms with E-state index in [-0.39, 0.29) is 30.9 Å². The van der Waals surface area contributed by atoms with Crippen LogP contribution in [0.15, 0.2) is 0 Å². The van der Waals surface area contributed by atoms with E-state index >= 15 is 0 Å². The molecule has 0 spiro atoms. The van der Waals surface area contributed by atoms with Gasteiger partial charge in [0.05, 0.1) is 0 Å². The monoisotopic (exact) mass is 254 g/mol. The van der Waals surface area contributed by atoms with Crippen LogP contribution in [0.25, 0.3) is 0 Å². The number of aromatic carboxylic acids is 1. The summed E-state index contributed by atoms with van der Waals surface area (Å²) in [4.78, 5) is 11.2. The second-order valence-corrected chi connectivity index (χ2v) is 4.18. The first-order valence-electron chi connectivity index (χ1n) is 5.74. The Morgan fingerprint density at radius 3 is 1.94 bits per heavy atom. The third-order valence-electron chi connectivity index (χ3n) is 3.21. The van der Waals surface area contributed by atoms with Crippen molar-refractivity contribution in [3.8, 4) is 5.75 Å². The van der Waals surface area contributed by atoms with Crippen molar-refractivity contribution in [2.45, 2.75) is 26.7 Å². The molecule has 0 unspecified atom stereocenters. The minimum Gasteiger partial charge on any atom is -0.507 e. The highest BCUT2D eigenvalue weighted by atomic mass is 16.4. The Bertz CT molecular complexity index is 465. The molecule has 1 rings (SSSR count). The van der Waals surface area contributed by atoms with E-state index in [0.717, 1.165) is 5.56 Å². The number of phenols is 1. The van der Waals surface area contributed by atoms with Crippen molar-refractivity contribution < 1.29 is 25.2 Å². The maximum atomic E-state index is 11.2. The molecule has 0 atom stereocenters. The fraction of sp³-hybridized carbons (Fsp3) is 0.462. The first-order valence-corrected chi connectivity index (χ1v) is 5.74. The average molecular weight is 254 g/mol. The van der Waals surface area contributed by atoms with Crippen molar-refractivity contribution in [3.63, 3.8) is 0 Å². The normalized spacial score (nSPS) is 10.7. The van der Waals surface area contributed by atoms with Crippen LogP contribution in [0, 0.1) is 13.8 Å². The summed E-state index contributed by atoms with van der Waals surface area (Å²) in [7, 11) is 0. The summed E-state index contributed by atoms with van der Waals surface area (Å²) >= 11 is 0. The molecule has 0 radical (unpaired) electrons. The summed E-state index contributed by atoms with van der Waals surface area (Å²) in [5.74, 6) is -1.48. The molecule has 5 nitrogen and oxygen atoms in total. The van der Waals surface area contributed by atoms with E-state index in [1.54, 1.807) is 13.8 Å². The maximum Gasteiger partial charge on any atom is 0.339 e. The number of hydrogen-bond donors (Lipinski definition) is 4. The zero-order chi connectivity index (χ0) is 13.9. The van der Waals surface area contributed by atoms with Gasteiger partial charge in [-0.25, -0.2) is 4.79 Å². The smallest absolute Gasteiger partial charge is 0.339 e. The highest BCUT2D eigenvalue weighted by Gasteiger charge is 2.23. The van der Waals surface area contributed by atoms with Crippen molar-refractivity contribution in [2.75, 3.05) is 13.2 Å². The summed E-state index contributed by atoms with van der Waals surface area (Å²) in [6.07, 6.45) is 0.453. The molecule has 0 bridgehead atoms. The van der Waals surface area contributed by atoms with Crippen LogP contribution in [0.2, 0.25) is 0 Å². The highest BCUT2D eigenvalue weighted by Crippen LogP contribution is 2.33. The molecular formula is C13H18O5. The highest BCUT2D eigenvalue weighted by molar-refractivity contribution is 5.94. The average Bonchev–Trinajstić information content (AvgIpc) is 2.31. The third-order valence-corrected chi connectivity index (χ3v) is 3.21. The number of hydrogen-bond acceptors (Lipinski definition) is 4. The zero-order valence-corrected chi connectivity index (χ0v) is 10.5. The van der Waals surface area contributed by atoms with E-state index < -0.39 is 5.97 Å². The van der Waals surface area contributed by atoms with Crippen LogP contribution < -0.4 is 0 Å². The maximum absolute atomic E-state index is 11.2. The van der Waals surface area contributed by atoms with Crippen molar-refractivity contribution in [3.05, 3.63) is 27.8 Å². The molecule has 0 aromatic heterocycles. The SMILES string of the molecule is Cc1c(C)c(CCO)c(CCO)c(C(=O)O)c1O. The Hall–Kier alpha value is -1.59. The first kappa shape index (κ1) is 14.5. The molecular weight excluding hydrogens is 236 g/mol. The van der Waals surface area contributed by atoms with Gasteiger partial charge in [-0.05, 0) is 48.9 Å². The minimum atomic E-state index is -1.22. The second-order valence-electron chi connectivity index (χ2n) is 4.18. The topological polar surface area (TPSA) is 98.0 Å². The lowest BCUT2D eigenvalue weighted by atomic mass is 9.88. The summed E-state index contributed by atoms with van der Waals surface area (Å²) < 4.78 is 0. The van der Waals surface area contributed by atoms with Crippen LogP contribution in [-0.4, -0.2) is 39.6 Å². The van der Waals surface area contributed by atoms with E-state index in [4.69, 9.17) is 10.2 Å². The summed E-state index contributed by atoms with van der Waals surface area (Å²) in [6, 6.07) is 0. The summed E-state index contributed by atoms with van der Waals surface area (Å²) in [5.41, 5.74) is 2.18. The molecule has 1 aromatic carbocycles. The zero-order valence-electron chi connectivity index (χ0n) is 10.5. The summed E-state index contributed by atoms with van der Waals surface area (Å²) in [6.45, 7) is 3.09. The van der Waals surface area contributed by atoms with E-state index in [1.807, 2.05) is 0 Å². The van der Waals surface area contributed by atoms with Crippen LogP contribution in [0.5, 0.6) is 5.75 Å². The largest absolute Gasteiger partial charge is 0.507 e. The van der Waals surface area contributed by atoms with Crippen LogP contribution in [0.4, 0.5) is 0 Å². The minimum absolute atomic E-state index is 0.109. The molecule has 0 saturated carbocycles. The molecule has 100 valence electrons. The van der Waals surface area contributed by atoms with Crippen LogP contribution in [-0.2, 0) is 12.8 Å². The molecule has 0 aliphatic heterocycles. The van der Waals surface area contributed by atoms with Crippen molar-refractivity contribution in [1.82, 2.24) is 0 Å². The number of aromatic hydroxyl groups is 1. The lowest BCUT2D eigenvalue weighted by Crippen LogP contribution is -2.12. The first-order chi connectivity index (χ1) is 8.45. The number of aliphatic hydroxyl groups is 2. The quantitative estimate of drug-likeness (QED) is 0.622. The number of carboxylic acid groups (broad SMARTS) is 1. The molecule has 5 heteroatoms. The molecule has 0 fully saturated rings. The van der Waals surface area contributed by atoms with Crippen molar-refractivity contribution in [1.29, 1.82) is 0 Å². The van der Waals surface area contributed by atoms with Gasteiger partial charge in [0.15, 0.2) is 0 Å². The van der Waals surface area contributed by atoms with Crippen LogP contribution in [0.1, 0.15) is 32.6 Å². The summed E-state index contributed by atoms with van der Waals surface area (Å²) in [5, 5.41) is 37.2. The Morgan fingerprint density at radius 1 is 1.00 bits per heavy atom. The molecule has 0 aliphatic rings. The van der Waals surface area contributed by atoms with Gasteiger partial charge in [0.25, 0.3) is 0 Å². The lowest BCUT2D eigenvalue weighted by molar-refractivity contribution is 0.0692. The fourth-order valence-corrected chi connectivity index (χ4v) is 2.18. The van der Waals surface area contributed by atoms with Crippen molar-refractivity contribution in [2.24, 2.45) is 0 Å². The van der Waals surface area contributed by atoms with Gasteiger partial charge in [-0.2, -0.15) is 0 Å². The van der Waals surface area contributed by atoms with E-state index in [2.05, 4.69) is 0 Å². The van der Waals surface area contributed by atoms with E-state index in [1.165, 1.54) is 0 Å². The third kappa shape index (κ3) is 2.47. The molecule has 4 N–H and O–H groups in total. The van der Waals surface area contributed by atoms with Gasteiger partial charge in [-0.15, -0.1) is 0 Å². The van der Waals surface area contributed by atoms with Gasteiger partial charge in [-0.3, -0.25) is 0 Å². The molecule has 0 aliphatic carbocycles. The second kappa shape index (κ2) is 5.84. The number of benzene rings is 1. The van der Waals surface area contributed by atoms with E-state index in [0.29, 0.717) is 23.1 Å². The van der Waals surface area contributed by atoms with Crippen LogP contribution >= 0.6 is 0 Å². The number of carbonyl (C=O) groups is 1. The Morgan fingerprint density at radius 2 is 1.50 bits per heavy atom. The molecule has 1 aromatic rings. The molecule has 18 heavy (non-hydrogen) atoms. The standard InChI is InChI=1S/C13H18O5/c1-7-8(2)12(16)11(13(17)18)10(4-6-15)9(7)3-5-14/h14-16H,3-6H2,1-2H3,(H,17,18). The van der Waals surface area contributed by atoms with Crippen LogP contribution in [0.3, 0.4) is 0 Å². The molecule has 0 saturated heterocycles. The predicted molar refractivity (Wildman–Crippen MR) is 66.1 cm³/mol. The van der Waals surface area contributed by atoms with Gasteiger partial charge < -0.3 is 20.4 Å². The Balaban J connectivity index is 3.62. The van der Waals surface area contributed by atoms with Gasteiger partial charge in [0.1, 0.15) is 11.3 Å². The van der Waals surface area contributed by atoms with Gasteiger partial charge in [0.2, 0.25) is 0 Å². The lowest BCUT2D eigenvalue weighted by Gasteiger charge is -2.18.